The molecule has 3 N–H and O–H groups in total. The molecule has 1 amide bonds. The van der Waals surface area contributed by atoms with Crippen LogP contribution in [-0.4, -0.2) is 17.4 Å². The smallest absolute Gasteiger partial charge is 0.267 e. The molecule has 0 unspecified atom stereocenters. The molecule has 0 saturated heterocycles. The molecule has 0 aromatic carbocycles. The van der Waals surface area contributed by atoms with Gasteiger partial charge in [-0.3, -0.25) is 9.78 Å². The summed E-state index contributed by atoms with van der Waals surface area (Å²) >= 11 is 0. The minimum Gasteiger partial charge on any atom is -0.385 e. The van der Waals surface area contributed by atoms with Crippen LogP contribution in [0.2, 0.25) is 0 Å². The van der Waals surface area contributed by atoms with Crippen LogP contribution in [0, 0.1) is 12.3 Å². The Morgan fingerprint density at radius 1 is 1.56 bits per heavy atom. The number of rotatable bonds is 6. The van der Waals surface area contributed by atoms with Crippen LogP contribution in [0.15, 0.2) is 18.3 Å². The van der Waals surface area contributed by atoms with Gasteiger partial charge in [0.1, 0.15) is 5.69 Å². The summed E-state index contributed by atoms with van der Waals surface area (Å²) in [6, 6.07) is 3.44. The van der Waals surface area contributed by atoms with Crippen LogP contribution in [-0.2, 0) is 0 Å². The molecule has 0 bridgehead atoms. The van der Waals surface area contributed by atoms with E-state index in [-0.39, 0.29) is 5.69 Å². The highest BCUT2D eigenvalue weighted by molar-refractivity contribution is 5.91. The van der Waals surface area contributed by atoms with E-state index in [1.54, 1.807) is 18.3 Å². The van der Waals surface area contributed by atoms with Crippen LogP contribution in [0.5, 0.6) is 0 Å². The number of amides is 1. The third-order valence-electron chi connectivity index (χ3n) is 2.09. The standard InChI is InChI=1S/C12H15N3O/c1-2-3-4-5-7-14-10-6-8-15-11(9-10)12(13)16/h1,6,8-9H,3-5,7H2,(H2,13,16)(H,14,15). The number of nitrogens with two attached hydrogens (primary N) is 1. The number of carbonyl (C=O) groups excluding carboxylic acids is 1. The number of pyridine rings is 1. The van der Waals surface area contributed by atoms with E-state index >= 15 is 0 Å². The van der Waals surface area contributed by atoms with Crippen LogP contribution in [0.25, 0.3) is 0 Å². The molecule has 16 heavy (non-hydrogen) atoms. The van der Waals surface area contributed by atoms with Crippen molar-refractivity contribution in [2.24, 2.45) is 5.73 Å². The van der Waals surface area contributed by atoms with E-state index in [2.05, 4.69) is 16.2 Å². The van der Waals surface area contributed by atoms with Gasteiger partial charge >= 0.3 is 0 Å². The zero-order valence-electron chi connectivity index (χ0n) is 9.07. The molecule has 0 fully saturated rings. The van der Waals surface area contributed by atoms with E-state index in [0.29, 0.717) is 0 Å². The molecule has 0 aliphatic carbocycles. The second-order valence-corrected chi connectivity index (χ2v) is 3.38. The maximum atomic E-state index is 10.9. The van der Waals surface area contributed by atoms with Gasteiger partial charge in [-0.1, -0.05) is 0 Å². The van der Waals surface area contributed by atoms with Crippen LogP contribution < -0.4 is 11.1 Å². The quantitative estimate of drug-likeness (QED) is 0.559. The van der Waals surface area contributed by atoms with Crippen LogP contribution >= 0.6 is 0 Å². The summed E-state index contributed by atoms with van der Waals surface area (Å²) < 4.78 is 0. The average molecular weight is 217 g/mol. The fraction of sp³-hybridized carbons (Fsp3) is 0.333. The molecule has 1 aromatic heterocycles. The van der Waals surface area contributed by atoms with Crippen molar-refractivity contribution in [1.82, 2.24) is 4.98 Å². The van der Waals surface area contributed by atoms with E-state index in [0.717, 1.165) is 31.5 Å². The van der Waals surface area contributed by atoms with Crippen molar-refractivity contribution in [2.75, 3.05) is 11.9 Å². The summed E-state index contributed by atoms with van der Waals surface area (Å²) in [6.45, 7) is 0.823. The highest BCUT2D eigenvalue weighted by Gasteiger charge is 2.01. The molecule has 4 nitrogen and oxygen atoms in total. The molecule has 0 aliphatic heterocycles. The van der Waals surface area contributed by atoms with Gasteiger partial charge in [-0.25, -0.2) is 0 Å². The fourth-order valence-corrected chi connectivity index (χ4v) is 1.26. The maximum Gasteiger partial charge on any atom is 0.267 e. The zero-order valence-corrected chi connectivity index (χ0v) is 9.07. The van der Waals surface area contributed by atoms with Crippen LogP contribution in [0.1, 0.15) is 29.8 Å². The first-order chi connectivity index (χ1) is 7.74. The number of aromatic nitrogens is 1. The Morgan fingerprint density at radius 2 is 2.38 bits per heavy atom. The fourth-order valence-electron chi connectivity index (χ4n) is 1.26. The molecule has 1 rings (SSSR count). The summed E-state index contributed by atoms with van der Waals surface area (Å²) in [5, 5.41) is 3.18. The minimum absolute atomic E-state index is 0.272. The number of nitrogens with one attached hydrogen (secondary N) is 1. The highest BCUT2D eigenvalue weighted by Crippen LogP contribution is 2.07. The van der Waals surface area contributed by atoms with Crippen LogP contribution in [0.4, 0.5) is 5.69 Å². The number of hydrogen-bond donors (Lipinski definition) is 2. The molecule has 4 heteroatoms. The number of carbonyl (C=O) groups is 1. The Hall–Kier alpha value is -2.02. The molecule has 84 valence electrons. The van der Waals surface area contributed by atoms with Crippen molar-refractivity contribution >= 4 is 11.6 Å². The van der Waals surface area contributed by atoms with Crippen molar-refractivity contribution in [1.29, 1.82) is 0 Å². The van der Waals surface area contributed by atoms with Crippen molar-refractivity contribution in [3.05, 3.63) is 24.0 Å². The molecule has 0 aliphatic rings. The predicted molar refractivity (Wildman–Crippen MR) is 63.9 cm³/mol. The Morgan fingerprint density at radius 3 is 3.06 bits per heavy atom. The normalized spacial score (nSPS) is 9.44. The van der Waals surface area contributed by atoms with Gasteiger partial charge in [0, 0.05) is 24.8 Å². The molecule has 0 saturated carbocycles. The summed E-state index contributed by atoms with van der Waals surface area (Å²) in [5.41, 5.74) is 6.25. The van der Waals surface area contributed by atoms with Crippen molar-refractivity contribution in [2.45, 2.75) is 19.3 Å². The summed E-state index contributed by atoms with van der Waals surface area (Å²) in [6.07, 6.45) is 9.50. The average Bonchev–Trinajstić information content (AvgIpc) is 2.29. The van der Waals surface area contributed by atoms with Gasteiger partial charge in [-0.05, 0) is 25.0 Å². The van der Waals surface area contributed by atoms with Gasteiger partial charge in [0.15, 0.2) is 0 Å². The number of anilines is 1. The molecular formula is C12H15N3O. The first kappa shape index (κ1) is 12.1. The van der Waals surface area contributed by atoms with Gasteiger partial charge in [0.2, 0.25) is 0 Å². The molecule has 0 atom stereocenters. The van der Waals surface area contributed by atoms with Gasteiger partial charge in [-0.2, -0.15) is 0 Å². The number of nitrogens with zero attached hydrogens (tertiary/aromatic N) is 1. The van der Waals surface area contributed by atoms with Gasteiger partial charge in [0.05, 0.1) is 0 Å². The lowest BCUT2D eigenvalue weighted by molar-refractivity contribution is 0.0995. The van der Waals surface area contributed by atoms with E-state index < -0.39 is 5.91 Å². The molecule has 0 radical (unpaired) electrons. The topological polar surface area (TPSA) is 68.0 Å². The van der Waals surface area contributed by atoms with E-state index in [1.165, 1.54) is 0 Å². The summed E-state index contributed by atoms with van der Waals surface area (Å²) in [7, 11) is 0. The maximum absolute atomic E-state index is 10.9. The second-order valence-electron chi connectivity index (χ2n) is 3.38. The molecule has 1 heterocycles. The van der Waals surface area contributed by atoms with Gasteiger partial charge < -0.3 is 11.1 Å². The lowest BCUT2D eigenvalue weighted by Gasteiger charge is -2.05. The lowest BCUT2D eigenvalue weighted by Crippen LogP contribution is -2.13. The minimum atomic E-state index is -0.518. The Balaban J connectivity index is 2.39. The predicted octanol–water partition coefficient (Wildman–Crippen LogP) is 1.40. The van der Waals surface area contributed by atoms with E-state index in [9.17, 15) is 4.79 Å². The number of terminal acetylenes is 1. The molecular weight excluding hydrogens is 202 g/mol. The number of unbranched alkanes of at least 4 members (excludes halogenated alkanes) is 2. The largest absolute Gasteiger partial charge is 0.385 e. The van der Waals surface area contributed by atoms with Crippen molar-refractivity contribution < 1.29 is 4.79 Å². The number of primary amides is 1. The monoisotopic (exact) mass is 217 g/mol. The second kappa shape index (κ2) is 6.46. The zero-order chi connectivity index (χ0) is 11.8. The lowest BCUT2D eigenvalue weighted by atomic mass is 10.2. The Labute approximate surface area is 95.3 Å². The Bertz CT molecular complexity index is 395. The number of hydrogen-bond acceptors (Lipinski definition) is 3. The summed E-state index contributed by atoms with van der Waals surface area (Å²) in [4.78, 5) is 14.7. The van der Waals surface area contributed by atoms with Crippen LogP contribution in [0.3, 0.4) is 0 Å². The first-order valence-corrected chi connectivity index (χ1v) is 5.17. The van der Waals surface area contributed by atoms with Gasteiger partial charge in [0.25, 0.3) is 5.91 Å². The van der Waals surface area contributed by atoms with Crippen molar-refractivity contribution in [3.8, 4) is 12.3 Å². The van der Waals surface area contributed by atoms with Crippen molar-refractivity contribution in [3.63, 3.8) is 0 Å². The van der Waals surface area contributed by atoms with E-state index in [4.69, 9.17) is 12.2 Å². The third-order valence-corrected chi connectivity index (χ3v) is 2.09. The molecule has 0 spiro atoms. The molecule has 1 aromatic rings. The summed E-state index contributed by atoms with van der Waals surface area (Å²) in [5.74, 6) is 2.07. The third kappa shape index (κ3) is 4.01. The van der Waals surface area contributed by atoms with Gasteiger partial charge in [-0.15, -0.1) is 12.3 Å². The Kier molecular flexibility index (Phi) is 4.87. The first-order valence-electron chi connectivity index (χ1n) is 5.17. The highest BCUT2D eigenvalue weighted by atomic mass is 16.1. The SMILES string of the molecule is C#CCCCCNc1ccnc(C(N)=O)c1. The van der Waals surface area contributed by atoms with E-state index in [1.807, 2.05) is 0 Å².